The highest BCUT2D eigenvalue weighted by Crippen LogP contribution is 2.17. The van der Waals surface area contributed by atoms with Crippen molar-refractivity contribution in [3.63, 3.8) is 0 Å². The highest BCUT2D eigenvalue weighted by molar-refractivity contribution is 5.85. The molecule has 2 rings (SSSR count). The van der Waals surface area contributed by atoms with Crippen LogP contribution in [-0.2, 0) is 11.2 Å². The van der Waals surface area contributed by atoms with E-state index >= 15 is 0 Å². The summed E-state index contributed by atoms with van der Waals surface area (Å²) in [6.45, 7) is 6.49. The number of benzene rings is 2. The molecule has 5 heteroatoms. The summed E-state index contributed by atoms with van der Waals surface area (Å²) in [7, 11) is 0. The molecule has 0 heterocycles. The number of carbonyl (C=O) groups excluding carboxylic acids is 1. The van der Waals surface area contributed by atoms with E-state index in [4.69, 9.17) is 9.47 Å². The Balaban J connectivity index is 1.90. The molecule has 0 aliphatic heterocycles. The molecule has 0 unspecified atom stereocenters. The van der Waals surface area contributed by atoms with Crippen LogP contribution in [0.3, 0.4) is 0 Å². The summed E-state index contributed by atoms with van der Waals surface area (Å²) < 4.78 is 11.1. The molecule has 0 aliphatic rings. The molecule has 0 spiro atoms. The van der Waals surface area contributed by atoms with Crippen molar-refractivity contribution in [2.45, 2.75) is 33.3 Å². The maximum absolute atomic E-state index is 12.0. The highest BCUT2D eigenvalue weighted by Gasteiger charge is 2.04. The predicted octanol–water partition coefficient (Wildman–Crippen LogP) is 3.57. The minimum atomic E-state index is -0.178. The SMILES string of the molecule is CCOc1ccc(CC(=O)N/N=C\c2ccccc2OC(C)C)cc1. The van der Waals surface area contributed by atoms with Crippen LogP contribution in [0.1, 0.15) is 31.9 Å². The van der Waals surface area contributed by atoms with Crippen molar-refractivity contribution in [2.24, 2.45) is 5.10 Å². The van der Waals surface area contributed by atoms with Crippen LogP contribution in [0.25, 0.3) is 0 Å². The van der Waals surface area contributed by atoms with Crippen LogP contribution in [0.2, 0.25) is 0 Å². The van der Waals surface area contributed by atoms with Gasteiger partial charge in [-0.05, 0) is 50.6 Å². The van der Waals surface area contributed by atoms with Gasteiger partial charge in [-0.1, -0.05) is 24.3 Å². The third-order valence-corrected chi connectivity index (χ3v) is 3.27. The fourth-order valence-electron chi connectivity index (χ4n) is 2.22. The molecule has 2 aromatic rings. The summed E-state index contributed by atoms with van der Waals surface area (Å²) in [6.07, 6.45) is 1.92. The van der Waals surface area contributed by atoms with E-state index in [0.29, 0.717) is 6.61 Å². The number of rotatable bonds is 8. The Hall–Kier alpha value is -2.82. The summed E-state index contributed by atoms with van der Waals surface area (Å²) >= 11 is 0. The molecule has 5 nitrogen and oxygen atoms in total. The van der Waals surface area contributed by atoms with Crippen molar-refractivity contribution in [3.8, 4) is 11.5 Å². The molecule has 0 radical (unpaired) electrons. The van der Waals surface area contributed by atoms with Crippen LogP contribution >= 0.6 is 0 Å². The number of carbonyl (C=O) groups is 1. The zero-order chi connectivity index (χ0) is 18.1. The zero-order valence-corrected chi connectivity index (χ0v) is 14.9. The molecule has 0 atom stereocenters. The van der Waals surface area contributed by atoms with Crippen molar-refractivity contribution in [1.29, 1.82) is 0 Å². The Morgan fingerprint density at radius 2 is 1.88 bits per heavy atom. The van der Waals surface area contributed by atoms with Crippen LogP contribution in [0.5, 0.6) is 11.5 Å². The average Bonchev–Trinajstić information content (AvgIpc) is 2.58. The largest absolute Gasteiger partial charge is 0.494 e. The molecule has 132 valence electrons. The van der Waals surface area contributed by atoms with Gasteiger partial charge in [0, 0.05) is 5.56 Å². The number of amides is 1. The number of nitrogens with one attached hydrogen (secondary N) is 1. The quantitative estimate of drug-likeness (QED) is 0.590. The van der Waals surface area contributed by atoms with E-state index in [0.717, 1.165) is 22.6 Å². The maximum atomic E-state index is 12.0. The van der Waals surface area contributed by atoms with E-state index in [-0.39, 0.29) is 18.4 Å². The van der Waals surface area contributed by atoms with E-state index in [1.807, 2.05) is 69.3 Å². The topological polar surface area (TPSA) is 59.9 Å². The minimum Gasteiger partial charge on any atom is -0.494 e. The summed E-state index contributed by atoms with van der Waals surface area (Å²) in [6, 6.07) is 15.0. The second-order valence-electron chi connectivity index (χ2n) is 5.75. The molecule has 0 bridgehead atoms. The Kier molecular flexibility index (Phi) is 7.01. The van der Waals surface area contributed by atoms with Gasteiger partial charge < -0.3 is 9.47 Å². The number of nitrogens with zero attached hydrogens (tertiary/aromatic N) is 1. The standard InChI is InChI=1S/C20H24N2O3/c1-4-24-18-11-9-16(10-12-18)13-20(23)22-21-14-17-7-5-6-8-19(17)25-15(2)3/h5-12,14-15H,4,13H2,1-3H3,(H,22,23)/b21-14-. The molecule has 1 amide bonds. The van der Waals surface area contributed by atoms with Gasteiger partial charge >= 0.3 is 0 Å². The summed E-state index contributed by atoms with van der Waals surface area (Å²) in [4.78, 5) is 12.0. The molecule has 0 saturated heterocycles. The van der Waals surface area contributed by atoms with Crippen molar-refractivity contribution >= 4 is 12.1 Å². The Bertz CT molecular complexity index is 709. The van der Waals surface area contributed by atoms with Gasteiger partial charge in [0.25, 0.3) is 0 Å². The molecule has 0 aliphatic carbocycles. The fourth-order valence-corrected chi connectivity index (χ4v) is 2.22. The van der Waals surface area contributed by atoms with Crippen molar-refractivity contribution in [2.75, 3.05) is 6.61 Å². The average molecular weight is 340 g/mol. The van der Waals surface area contributed by atoms with Gasteiger partial charge in [0.15, 0.2) is 0 Å². The number of hydrogen-bond acceptors (Lipinski definition) is 4. The van der Waals surface area contributed by atoms with Crippen LogP contribution in [0.15, 0.2) is 53.6 Å². The summed E-state index contributed by atoms with van der Waals surface area (Å²) in [5, 5.41) is 4.02. The number of hydrogen-bond donors (Lipinski definition) is 1. The molecule has 0 fully saturated rings. The van der Waals surface area contributed by atoms with Crippen LogP contribution in [0, 0.1) is 0 Å². The first-order valence-electron chi connectivity index (χ1n) is 8.37. The molecule has 0 aromatic heterocycles. The van der Waals surface area contributed by atoms with E-state index in [1.165, 1.54) is 0 Å². The monoisotopic (exact) mass is 340 g/mol. The number of hydrazone groups is 1. The predicted molar refractivity (Wildman–Crippen MR) is 99.3 cm³/mol. The Morgan fingerprint density at radius 3 is 2.56 bits per heavy atom. The molecule has 25 heavy (non-hydrogen) atoms. The Morgan fingerprint density at radius 1 is 1.16 bits per heavy atom. The van der Waals surface area contributed by atoms with E-state index < -0.39 is 0 Å². The van der Waals surface area contributed by atoms with Crippen molar-refractivity contribution < 1.29 is 14.3 Å². The summed E-state index contributed by atoms with van der Waals surface area (Å²) in [5.41, 5.74) is 4.26. The summed E-state index contributed by atoms with van der Waals surface area (Å²) in [5.74, 6) is 1.36. The first-order chi connectivity index (χ1) is 12.1. The van der Waals surface area contributed by atoms with Gasteiger partial charge in [0.2, 0.25) is 5.91 Å². The third kappa shape index (κ3) is 6.30. The van der Waals surface area contributed by atoms with Crippen LogP contribution in [-0.4, -0.2) is 24.8 Å². The normalized spacial score (nSPS) is 10.9. The third-order valence-electron chi connectivity index (χ3n) is 3.27. The number of para-hydroxylation sites is 1. The van der Waals surface area contributed by atoms with Gasteiger partial charge in [0.05, 0.1) is 25.3 Å². The highest BCUT2D eigenvalue weighted by atomic mass is 16.5. The number of ether oxygens (including phenoxy) is 2. The molecule has 1 N–H and O–H groups in total. The molecule has 0 saturated carbocycles. The minimum absolute atomic E-state index is 0.0730. The molecule has 2 aromatic carbocycles. The lowest BCUT2D eigenvalue weighted by Gasteiger charge is -2.11. The van der Waals surface area contributed by atoms with Crippen molar-refractivity contribution in [1.82, 2.24) is 5.43 Å². The second-order valence-corrected chi connectivity index (χ2v) is 5.75. The van der Waals surface area contributed by atoms with E-state index in [9.17, 15) is 4.79 Å². The van der Waals surface area contributed by atoms with E-state index in [1.54, 1.807) is 6.21 Å². The smallest absolute Gasteiger partial charge is 0.244 e. The lowest BCUT2D eigenvalue weighted by Crippen LogP contribution is -2.19. The van der Waals surface area contributed by atoms with Gasteiger partial charge in [-0.25, -0.2) is 5.43 Å². The molecular formula is C20H24N2O3. The van der Waals surface area contributed by atoms with E-state index in [2.05, 4.69) is 10.5 Å². The van der Waals surface area contributed by atoms with Crippen LogP contribution < -0.4 is 14.9 Å². The zero-order valence-electron chi connectivity index (χ0n) is 14.9. The van der Waals surface area contributed by atoms with Crippen molar-refractivity contribution in [3.05, 3.63) is 59.7 Å². The lowest BCUT2D eigenvalue weighted by molar-refractivity contribution is -0.120. The van der Waals surface area contributed by atoms with Gasteiger partial charge in [-0.15, -0.1) is 0 Å². The lowest BCUT2D eigenvalue weighted by atomic mass is 10.1. The Labute approximate surface area is 148 Å². The first kappa shape index (κ1) is 18.5. The van der Waals surface area contributed by atoms with Crippen LogP contribution in [0.4, 0.5) is 0 Å². The molecular weight excluding hydrogens is 316 g/mol. The fraction of sp³-hybridized carbons (Fsp3) is 0.300. The maximum Gasteiger partial charge on any atom is 0.244 e. The van der Waals surface area contributed by atoms with Gasteiger partial charge in [0.1, 0.15) is 11.5 Å². The van der Waals surface area contributed by atoms with Gasteiger partial charge in [-0.3, -0.25) is 4.79 Å². The second kappa shape index (κ2) is 9.47. The first-order valence-corrected chi connectivity index (χ1v) is 8.37. The van der Waals surface area contributed by atoms with Gasteiger partial charge in [-0.2, -0.15) is 5.10 Å².